The first kappa shape index (κ1) is 12.9. The fourth-order valence-electron chi connectivity index (χ4n) is 3.50. The third kappa shape index (κ3) is 1.60. The third-order valence-corrected chi connectivity index (χ3v) is 4.40. The lowest BCUT2D eigenvalue weighted by Gasteiger charge is -2.31. The van der Waals surface area contributed by atoms with Crippen LogP contribution in [0.5, 0.6) is 0 Å². The van der Waals surface area contributed by atoms with E-state index in [0.717, 1.165) is 12.0 Å². The Morgan fingerprint density at radius 3 is 2.65 bits per heavy atom. The van der Waals surface area contributed by atoms with Crippen LogP contribution < -0.4 is 0 Å². The van der Waals surface area contributed by atoms with Gasteiger partial charge in [-0.25, -0.2) is 4.79 Å². The summed E-state index contributed by atoms with van der Waals surface area (Å²) in [5, 5.41) is 0. The minimum absolute atomic E-state index is 0.0400. The van der Waals surface area contributed by atoms with Crippen molar-refractivity contribution in [2.45, 2.75) is 30.8 Å². The Morgan fingerprint density at radius 1 is 1.35 bits per heavy atom. The first-order chi connectivity index (χ1) is 9.60. The lowest BCUT2D eigenvalue weighted by Crippen LogP contribution is -2.51. The minimum atomic E-state index is -0.844. The maximum absolute atomic E-state index is 12.8. The smallest absolute Gasteiger partial charge is 0.332 e. The van der Waals surface area contributed by atoms with Crippen LogP contribution in [0.1, 0.15) is 29.6 Å². The molecular formula is C16H17NO3. The van der Waals surface area contributed by atoms with Crippen LogP contribution in [0, 0.1) is 0 Å². The maximum atomic E-state index is 12.8. The van der Waals surface area contributed by atoms with E-state index < -0.39 is 5.54 Å². The number of nitrogens with zero attached hydrogens (tertiary/aromatic N) is 1. The van der Waals surface area contributed by atoms with Crippen LogP contribution in [-0.2, 0) is 9.53 Å². The summed E-state index contributed by atoms with van der Waals surface area (Å²) in [7, 11) is 1.37. The van der Waals surface area contributed by atoms with Gasteiger partial charge in [0, 0.05) is 12.0 Å². The van der Waals surface area contributed by atoms with Gasteiger partial charge in [0.1, 0.15) is 5.54 Å². The monoisotopic (exact) mass is 271 g/mol. The van der Waals surface area contributed by atoms with Crippen molar-refractivity contribution in [1.82, 2.24) is 4.90 Å². The summed E-state index contributed by atoms with van der Waals surface area (Å²) in [6.45, 7) is 4.02. The molecule has 2 fully saturated rings. The molecule has 4 heteroatoms. The van der Waals surface area contributed by atoms with Gasteiger partial charge in [-0.15, -0.1) is 0 Å². The lowest BCUT2D eigenvalue weighted by molar-refractivity contribution is -0.151. The fraction of sp³-hybridized carbons (Fsp3) is 0.375. The largest absolute Gasteiger partial charge is 0.467 e. The standard InChI is InChI=1S/C16H17NO3/c1-11-10-16(15(19)20-2)9-8-13(11)17(16)14(18)12-6-4-3-5-7-12/h3-7,13H,1,8-10H2,2H3/t13-,16+/m0/s1. The van der Waals surface area contributed by atoms with E-state index in [-0.39, 0.29) is 17.9 Å². The second-order valence-electron chi connectivity index (χ2n) is 5.45. The molecule has 0 saturated carbocycles. The first-order valence-corrected chi connectivity index (χ1v) is 6.75. The number of hydrogen-bond donors (Lipinski definition) is 0. The van der Waals surface area contributed by atoms with E-state index in [0.29, 0.717) is 18.4 Å². The molecule has 2 bridgehead atoms. The predicted molar refractivity (Wildman–Crippen MR) is 74.1 cm³/mol. The Bertz CT molecular complexity index is 581. The zero-order valence-electron chi connectivity index (χ0n) is 11.5. The molecule has 2 aliphatic heterocycles. The Kier molecular flexibility index (Phi) is 2.89. The summed E-state index contributed by atoms with van der Waals surface area (Å²) in [5.74, 6) is -0.444. The molecule has 0 unspecified atom stereocenters. The molecule has 0 spiro atoms. The predicted octanol–water partition coefficient (Wildman–Crippen LogP) is 2.16. The Hall–Kier alpha value is -2.10. The van der Waals surface area contributed by atoms with Crippen molar-refractivity contribution >= 4 is 11.9 Å². The van der Waals surface area contributed by atoms with Gasteiger partial charge in [0.2, 0.25) is 0 Å². The van der Waals surface area contributed by atoms with E-state index in [4.69, 9.17) is 4.74 Å². The van der Waals surface area contributed by atoms with Crippen LogP contribution in [-0.4, -0.2) is 35.5 Å². The topological polar surface area (TPSA) is 46.6 Å². The lowest BCUT2D eigenvalue weighted by atomic mass is 9.85. The molecule has 20 heavy (non-hydrogen) atoms. The molecule has 3 rings (SSSR count). The van der Waals surface area contributed by atoms with Crippen molar-refractivity contribution < 1.29 is 14.3 Å². The second-order valence-corrected chi connectivity index (χ2v) is 5.45. The second kappa shape index (κ2) is 4.47. The number of carbonyl (C=O) groups is 2. The fourth-order valence-corrected chi connectivity index (χ4v) is 3.50. The van der Waals surface area contributed by atoms with Gasteiger partial charge in [-0.3, -0.25) is 4.79 Å². The average molecular weight is 271 g/mol. The molecule has 2 atom stereocenters. The number of rotatable bonds is 2. The number of esters is 1. The van der Waals surface area contributed by atoms with Gasteiger partial charge in [-0.1, -0.05) is 30.4 Å². The van der Waals surface area contributed by atoms with Crippen molar-refractivity contribution in [3.8, 4) is 0 Å². The summed E-state index contributed by atoms with van der Waals surface area (Å²) >= 11 is 0. The molecule has 2 saturated heterocycles. The highest BCUT2D eigenvalue weighted by molar-refractivity contribution is 6.00. The number of hydrogen-bond acceptors (Lipinski definition) is 3. The van der Waals surface area contributed by atoms with E-state index in [2.05, 4.69) is 6.58 Å². The van der Waals surface area contributed by atoms with Crippen LogP contribution >= 0.6 is 0 Å². The van der Waals surface area contributed by atoms with Crippen LogP contribution in [0.25, 0.3) is 0 Å². The number of benzene rings is 1. The zero-order chi connectivity index (χ0) is 14.3. The number of methoxy groups -OCH3 is 1. The van der Waals surface area contributed by atoms with E-state index in [1.165, 1.54) is 7.11 Å². The van der Waals surface area contributed by atoms with Gasteiger partial charge < -0.3 is 9.64 Å². The molecule has 0 radical (unpaired) electrons. The number of ether oxygens (including phenoxy) is 1. The van der Waals surface area contributed by atoms with Crippen molar-refractivity contribution in [1.29, 1.82) is 0 Å². The third-order valence-electron chi connectivity index (χ3n) is 4.40. The molecule has 1 aromatic carbocycles. The van der Waals surface area contributed by atoms with E-state index in [1.807, 2.05) is 18.2 Å². The quantitative estimate of drug-likeness (QED) is 0.611. The normalized spacial score (nSPS) is 27.8. The van der Waals surface area contributed by atoms with Crippen LogP contribution in [0.4, 0.5) is 0 Å². The Labute approximate surface area is 118 Å². The summed E-state index contributed by atoms with van der Waals surface area (Å²) in [5.41, 5.74) is 0.706. The van der Waals surface area contributed by atoms with Gasteiger partial charge in [0.05, 0.1) is 13.2 Å². The van der Waals surface area contributed by atoms with Crippen LogP contribution in [0.15, 0.2) is 42.5 Å². The zero-order valence-corrected chi connectivity index (χ0v) is 11.5. The van der Waals surface area contributed by atoms with Crippen molar-refractivity contribution in [3.05, 3.63) is 48.0 Å². The molecule has 104 valence electrons. The van der Waals surface area contributed by atoms with Gasteiger partial charge in [0.15, 0.2) is 0 Å². The number of amides is 1. The highest BCUT2D eigenvalue weighted by Gasteiger charge is 2.60. The molecule has 4 nitrogen and oxygen atoms in total. The summed E-state index contributed by atoms with van der Waals surface area (Å²) in [6, 6.07) is 9.02. The van der Waals surface area contributed by atoms with E-state index in [9.17, 15) is 9.59 Å². The minimum Gasteiger partial charge on any atom is -0.467 e. The molecule has 2 heterocycles. The maximum Gasteiger partial charge on any atom is 0.332 e. The van der Waals surface area contributed by atoms with Crippen molar-refractivity contribution in [2.24, 2.45) is 0 Å². The van der Waals surface area contributed by atoms with Gasteiger partial charge in [-0.2, -0.15) is 0 Å². The Morgan fingerprint density at radius 2 is 2.05 bits per heavy atom. The van der Waals surface area contributed by atoms with Crippen LogP contribution in [0.2, 0.25) is 0 Å². The number of carbonyl (C=O) groups excluding carboxylic acids is 2. The SMILES string of the molecule is C=C1C[C@@]2(C(=O)OC)CC[C@@H]1N2C(=O)c1ccccc1. The van der Waals surface area contributed by atoms with Crippen molar-refractivity contribution in [3.63, 3.8) is 0 Å². The summed E-state index contributed by atoms with van der Waals surface area (Å²) in [4.78, 5) is 26.7. The first-order valence-electron chi connectivity index (χ1n) is 6.75. The Balaban J connectivity index is 2.02. The van der Waals surface area contributed by atoms with Crippen molar-refractivity contribution in [2.75, 3.05) is 7.11 Å². The van der Waals surface area contributed by atoms with Crippen LogP contribution in [0.3, 0.4) is 0 Å². The molecule has 1 amide bonds. The summed E-state index contributed by atoms with van der Waals surface area (Å²) < 4.78 is 4.95. The highest BCUT2D eigenvalue weighted by Crippen LogP contribution is 2.50. The van der Waals surface area contributed by atoms with E-state index in [1.54, 1.807) is 17.0 Å². The molecule has 0 N–H and O–H groups in total. The van der Waals surface area contributed by atoms with E-state index >= 15 is 0 Å². The molecule has 1 aromatic rings. The van der Waals surface area contributed by atoms with Gasteiger partial charge >= 0.3 is 5.97 Å². The summed E-state index contributed by atoms with van der Waals surface area (Å²) in [6.07, 6.45) is 1.96. The molecule has 0 aromatic heterocycles. The highest BCUT2D eigenvalue weighted by atomic mass is 16.5. The van der Waals surface area contributed by atoms with Gasteiger partial charge in [0.25, 0.3) is 5.91 Å². The molecule has 2 aliphatic rings. The molecular weight excluding hydrogens is 254 g/mol. The average Bonchev–Trinajstić information content (AvgIpc) is 2.99. The van der Waals surface area contributed by atoms with Gasteiger partial charge in [-0.05, 0) is 25.0 Å². The molecule has 0 aliphatic carbocycles. The number of fused-ring (bicyclic) bond motifs is 2.